The highest BCUT2D eigenvalue weighted by Crippen LogP contribution is 2.52. The van der Waals surface area contributed by atoms with Crippen LogP contribution in [0.5, 0.6) is 0 Å². The summed E-state index contributed by atoms with van der Waals surface area (Å²) in [6, 6.07) is 4.86. The van der Waals surface area contributed by atoms with Crippen molar-refractivity contribution in [2.45, 2.75) is 50.1 Å². The summed E-state index contributed by atoms with van der Waals surface area (Å²) < 4.78 is 45.0. The van der Waals surface area contributed by atoms with Crippen LogP contribution in [0.2, 0.25) is 0 Å². The van der Waals surface area contributed by atoms with Gasteiger partial charge < -0.3 is 15.4 Å². The number of alkyl carbamates (subject to hydrolysis) is 1. The Morgan fingerprint density at radius 1 is 1.10 bits per heavy atom. The van der Waals surface area contributed by atoms with Crippen LogP contribution < -0.4 is 10.6 Å². The van der Waals surface area contributed by atoms with E-state index in [0.717, 1.165) is 22.6 Å². The predicted octanol–water partition coefficient (Wildman–Crippen LogP) is 5.76. The average molecular weight is 543 g/mol. The first kappa shape index (κ1) is 26.3. The maximum absolute atomic E-state index is 13.3. The molecule has 0 spiro atoms. The lowest BCUT2D eigenvalue weighted by atomic mass is 9.97. The maximum atomic E-state index is 13.3. The number of hydrogen-bond donors (Lipinski definition) is 2. The minimum atomic E-state index is -4.53. The molecule has 0 fully saturated rings. The molecule has 0 unspecified atom stereocenters. The van der Waals surface area contributed by atoms with Crippen molar-refractivity contribution in [3.8, 4) is 0 Å². The SMILES string of the molecule is CC(C)(C)OC(=O)NCCSSCCNCc1cc(CBr)cc(C2(C(F)(F)F)N=N2)c1. The van der Waals surface area contributed by atoms with Crippen molar-refractivity contribution in [1.29, 1.82) is 0 Å². The third-order valence-electron chi connectivity index (χ3n) is 3.93. The standard InChI is InChI=1S/C19H26BrF3N4O2S2/c1-17(2,3)29-16(28)25-5-7-31-30-6-4-24-12-14-8-13(11-20)9-15(10-14)18(26-27-18)19(21,22)23/h8-10,24H,4-7,11-12H2,1-3H3,(H,25,28). The molecule has 0 aromatic heterocycles. The maximum Gasteiger partial charge on any atom is 0.442 e. The molecule has 1 amide bonds. The Morgan fingerprint density at radius 2 is 1.71 bits per heavy atom. The molecule has 1 aliphatic heterocycles. The smallest absolute Gasteiger partial charge is 0.442 e. The van der Waals surface area contributed by atoms with Crippen molar-refractivity contribution in [3.05, 3.63) is 34.9 Å². The van der Waals surface area contributed by atoms with Crippen LogP contribution in [0.25, 0.3) is 0 Å². The van der Waals surface area contributed by atoms with Gasteiger partial charge in [-0.15, -0.1) is 10.2 Å². The molecule has 174 valence electrons. The Bertz CT molecular complexity index is 782. The topological polar surface area (TPSA) is 75.1 Å². The normalized spacial score (nSPS) is 15.1. The number of halogens is 4. The van der Waals surface area contributed by atoms with Crippen LogP contribution >= 0.6 is 37.5 Å². The van der Waals surface area contributed by atoms with Gasteiger partial charge in [0.2, 0.25) is 0 Å². The van der Waals surface area contributed by atoms with Gasteiger partial charge in [0.05, 0.1) is 0 Å². The summed E-state index contributed by atoms with van der Waals surface area (Å²) >= 11 is 3.31. The summed E-state index contributed by atoms with van der Waals surface area (Å²) in [6.07, 6.45) is -4.96. The van der Waals surface area contributed by atoms with E-state index >= 15 is 0 Å². The number of nitrogens with zero attached hydrogens (tertiary/aromatic N) is 2. The molecule has 1 aromatic rings. The third kappa shape index (κ3) is 8.47. The summed E-state index contributed by atoms with van der Waals surface area (Å²) in [5.74, 6) is 1.56. The zero-order chi connectivity index (χ0) is 23.1. The molecule has 0 aliphatic carbocycles. The largest absolute Gasteiger partial charge is 0.444 e. The van der Waals surface area contributed by atoms with E-state index in [2.05, 4.69) is 36.8 Å². The molecule has 2 rings (SSSR count). The summed E-state index contributed by atoms with van der Waals surface area (Å²) in [4.78, 5) is 11.5. The van der Waals surface area contributed by atoms with Gasteiger partial charge in [-0.25, -0.2) is 4.79 Å². The molecule has 1 aromatic carbocycles. The summed E-state index contributed by atoms with van der Waals surface area (Å²) in [6.45, 7) is 7.10. The summed E-state index contributed by atoms with van der Waals surface area (Å²) in [5, 5.41) is 13.0. The van der Waals surface area contributed by atoms with E-state index < -0.39 is 23.5 Å². The van der Waals surface area contributed by atoms with Gasteiger partial charge in [0.15, 0.2) is 0 Å². The highest BCUT2D eigenvalue weighted by molar-refractivity contribution is 9.08. The number of nitrogens with one attached hydrogen (secondary N) is 2. The monoisotopic (exact) mass is 542 g/mol. The first-order valence-corrected chi connectivity index (χ1v) is 13.2. The number of amides is 1. The van der Waals surface area contributed by atoms with Crippen LogP contribution in [0.4, 0.5) is 18.0 Å². The third-order valence-corrected chi connectivity index (χ3v) is 6.99. The van der Waals surface area contributed by atoms with E-state index in [0.29, 0.717) is 25.0 Å². The Labute approximate surface area is 196 Å². The fourth-order valence-electron chi connectivity index (χ4n) is 2.56. The second-order valence-corrected chi connectivity index (χ2v) is 11.1. The molecule has 2 N–H and O–H groups in total. The number of carbonyl (C=O) groups is 1. The average Bonchev–Trinajstić information content (AvgIpc) is 3.47. The molecular weight excluding hydrogens is 517 g/mol. The molecule has 0 radical (unpaired) electrons. The van der Waals surface area contributed by atoms with Gasteiger partial charge in [-0.05, 0) is 38.0 Å². The van der Waals surface area contributed by atoms with E-state index in [1.807, 2.05) is 26.8 Å². The van der Waals surface area contributed by atoms with Crippen molar-refractivity contribution in [2.24, 2.45) is 10.2 Å². The molecule has 0 saturated carbocycles. The molecular formula is C19H26BrF3N4O2S2. The van der Waals surface area contributed by atoms with E-state index in [1.165, 1.54) is 12.1 Å². The minimum Gasteiger partial charge on any atom is -0.444 e. The van der Waals surface area contributed by atoms with E-state index in [-0.39, 0.29) is 5.56 Å². The van der Waals surface area contributed by atoms with Crippen LogP contribution in [-0.4, -0.2) is 42.5 Å². The van der Waals surface area contributed by atoms with Crippen molar-refractivity contribution < 1.29 is 22.7 Å². The second-order valence-electron chi connectivity index (χ2n) is 7.79. The number of hydrogen-bond acceptors (Lipinski definition) is 7. The van der Waals surface area contributed by atoms with Gasteiger partial charge in [-0.1, -0.05) is 49.7 Å². The Kier molecular flexibility index (Phi) is 9.53. The van der Waals surface area contributed by atoms with Gasteiger partial charge in [-0.2, -0.15) is 13.2 Å². The molecule has 6 nitrogen and oxygen atoms in total. The molecule has 0 saturated heterocycles. The summed E-state index contributed by atoms with van der Waals surface area (Å²) in [5.41, 5.74) is -1.36. The lowest BCUT2D eigenvalue weighted by Crippen LogP contribution is -2.33. The number of alkyl halides is 4. The van der Waals surface area contributed by atoms with Gasteiger partial charge in [0, 0.05) is 42.0 Å². The van der Waals surface area contributed by atoms with Gasteiger partial charge in [0.1, 0.15) is 5.60 Å². The Morgan fingerprint density at radius 3 is 2.26 bits per heavy atom. The van der Waals surface area contributed by atoms with E-state index in [9.17, 15) is 18.0 Å². The lowest BCUT2D eigenvalue weighted by molar-refractivity contribution is -0.166. The zero-order valence-corrected chi connectivity index (χ0v) is 20.7. The summed E-state index contributed by atoms with van der Waals surface area (Å²) in [7, 11) is 3.29. The van der Waals surface area contributed by atoms with E-state index in [4.69, 9.17) is 4.74 Å². The van der Waals surface area contributed by atoms with Crippen LogP contribution in [-0.2, 0) is 22.3 Å². The quantitative estimate of drug-likeness (QED) is 0.211. The lowest BCUT2D eigenvalue weighted by Gasteiger charge is -2.19. The molecule has 0 bridgehead atoms. The predicted molar refractivity (Wildman–Crippen MR) is 123 cm³/mol. The molecule has 1 aliphatic rings. The minimum absolute atomic E-state index is 0.0520. The number of benzene rings is 1. The number of carbonyl (C=O) groups excluding carboxylic acids is 1. The second kappa shape index (κ2) is 11.2. The van der Waals surface area contributed by atoms with Crippen LogP contribution in [0.1, 0.15) is 37.5 Å². The van der Waals surface area contributed by atoms with Gasteiger partial charge >= 0.3 is 17.9 Å². The highest BCUT2D eigenvalue weighted by Gasteiger charge is 2.65. The van der Waals surface area contributed by atoms with E-state index in [1.54, 1.807) is 21.6 Å². The fourth-order valence-corrected chi connectivity index (χ4v) is 4.74. The number of ether oxygens (including phenoxy) is 1. The van der Waals surface area contributed by atoms with Crippen molar-refractivity contribution in [3.63, 3.8) is 0 Å². The number of rotatable bonds is 11. The Hall–Kier alpha value is -0.980. The molecule has 31 heavy (non-hydrogen) atoms. The fraction of sp³-hybridized carbons (Fsp3) is 0.632. The van der Waals surface area contributed by atoms with Crippen LogP contribution in [0, 0.1) is 0 Å². The van der Waals surface area contributed by atoms with Crippen molar-refractivity contribution in [2.75, 3.05) is 24.6 Å². The highest BCUT2D eigenvalue weighted by atomic mass is 79.9. The molecule has 12 heteroatoms. The molecule has 1 heterocycles. The molecule has 0 atom stereocenters. The van der Waals surface area contributed by atoms with Crippen molar-refractivity contribution >= 4 is 43.6 Å². The van der Waals surface area contributed by atoms with Crippen LogP contribution in [0.15, 0.2) is 28.4 Å². The van der Waals surface area contributed by atoms with Crippen LogP contribution in [0.3, 0.4) is 0 Å². The van der Waals surface area contributed by atoms with Crippen molar-refractivity contribution in [1.82, 2.24) is 10.6 Å². The first-order valence-electron chi connectivity index (χ1n) is 9.59. The zero-order valence-electron chi connectivity index (χ0n) is 17.5. The Balaban J connectivity index is 1.67. The first-order chi connectivity index (χ1) is 14.5. The van der Waals surface area contributed by atoms with Gasteiger partial charge in [0.25, 0.3) is 0 Å². The van der Waals surface area contributed by atoms with Gasteiger partial charge in [-0.3, -0.25) is 0 Å².